The van der Waals surface area contributed by atoms with Gasteiger partial charge in [0.15, 0.2) is 0 Å². The minimum atomic E-state index is -0.242. The first-order chi connectivity index (χ1) is 18.4. The van der Waals surface area contributed by atoms with Gasteiger partial charge in [0.25, 0.3) is 0 Å². The summed E-state index contributed by atoms with van der Waals surface area (Å²) in [6, 6.07) is 18.0. The van der Waals surface area contributed by atoms with Crippen LogP contribution in [0.2, 0.25) is 0 Å². The summed E-state index contributed by atoms with van der Waals surface area (Å²) < 4.78 is 27.8. The molecule has 3 heterocycles. The highest BCUT2D eigenvalue weighted by molar-refractivity contribution is 5.76. The zero-order valence-corrected chi connectivity index (χ0v) is 22.8. The van der Waals surface area contributed by atoms with Gasteiger partial charge in [0.05, 0.1) is 24.2 Å². The van der Waals surface area contributed by atoms with Crippen molar-refractivity contribution in [3.63, 3.8) is 0 Å². The van der Waals surface area contributed by atoms with E-state index >= 15 is 0 Å². The van der Waals surface area contributed by atoms with Gasteiger partial charge in [0.2, 0.25) is 5.88 Å². The van der Waals surface area contributed by atoms with Gasteiger partial charge in [-0.1, -0.05) is 24.3 Å². The van der Waals surface area contributed by atoms with E-state index in [1.54, 1.807) is 13.2 Å². The maximum absolute atomic E-state index is 14.2. The lowest BCUT2D eigenvalue weighted by molar-refractivity contribution is 0.130. The Labute approximate surface area is 224 Å². The number of piperidine rings is 1. The molecule has 0 N–H and O–H groups in total. The Kier molecular flexibility index (Phi) is 8.05. The van der Waals surface area contributed by atoms with E-state index in [2.05, 4.69) is 47.6 Å². The topological polar surface area (TPSA) is 52.4 Å². The van der Waals surface area contributed by atoms with Crippen molar-refractivity contribution in [2.45, 2.75) is 65.3 Å². The smallest absolute Gasteiger partial charge is 0.213 e. The van der Waals surface area contributed by atoms with Crippen LogP contribution in [0.3, 0.4) is 0 Å². The summed E-state index contributed by atoms with van der Waals surface area (Å²) in [7, 11) is 1.74. The van der Waals surface area contributed by atoms with Crippen LogP contribution in [-0.2, 0) is 24.4 Å². The normalized spacial score (nSPS) is 18.2. The molecule has 38 heavy (non-hydrogen) atoms. The average molecular weight is 517 g/mol. The third-order valence-corrected chi connectivity index (χ3v) is 7.61. The average Bonchev–Trinajstić information content (AvgIpc) is 3.24. The maximum Gasteiger partial charge on any atom is 0.213 e. The molecule has 0 amide bonds. The van der Waals surface area contributed by atoms with Gasteiger partial charge in [0, 0.05) is 42.9 Å². The highest BCUT2D eigenvalue weighted by Gasteiger charge is 2.28. The van der Waals surface area contributed by atoms with Crippen LogP contribution in [0.15, 0.2) is 54.6 Å². The predicted octanol–water partition coefficient (Wildman–Crippen LogP) is 6.18. The SMILES string of the molecule is COCCn1c(CN2CCC(c3cccc(OCc4ccc(C)cc4F)n3)CC2C)nc2ccc(C)cc21. The number of halogens is 1. The van der Waals surface area contributed by atoms with E-state index in [0.29, 0.717) is 30.0 Å². The molecule has 6 nitrogen and oxygen atoms in total. The van der Waals surface area contributed by atoms with Crippen molar-refractivity contribution in [3.8, 4) is 5.88 Å². The standard InChI is InChI=1S/C31H37FN4O2/c1-21-8-10-25(26(32)16-21)20-38-31-7-5-6-27(34-31)24-12-13-35(23(3)18-24)19-30-33-28-11-9-22(2)17-29(28)36(30)14-15-37-4/h5-11,16-17,23-24H,12-15,18-20H2,1-4H3. The molecule has 2 aromatic carbocycles. The summed E-state index contributed by atoms with van der Waals surface area (Å²) in [6.45, 7) is 9.69. The van der Waals surface area contributed by atoms with Crippen molar-refractivity contribution in [1.29, 1.82) is 0 Å². The van der Waals surface area contributed by atoms with Crippen LogP contribution < -0.4 is 4.74 Å². The van der Waals surface area contributed by atoms with E-state index < -0.39 is 0 Å². The molecule has 0 saturated carbocycles. The molecule has 1 aliphatic heterocycles. The van der Waals surface area contributed by atoms with Crippen molar-refractivity contribution >= 4 is 11.0 Å². The molecule has 0 radical (unpaired) electrons. The zero-order valence-electron chi connectivity index (χ0n) is 22.8. The molecule has 1 saturated heterocycles. The minimum absolute atomic E-state index is 0.168. The second-order valence-corrected chi connectivity index (χ2v) is 10.5. The van der Waals surface area contributed by atoms with E-state index in [4.69, 9.17) is 19.4 Å². The maximum atomic E-state index is 14.2. The molecule has 1 fully saturated rings. The zero-order chi connectivity index (χ0) is 26.6. The molecule has 1 aliphatic rings. The van der Waals surface area contributed by atoms with Crippen LogP contribution in [-0.4, -0.2) is 45.7 Å². The van der Waals surface area contributed by atoms with Crippen molar-refractivity contribution in [2.24, 2.45) is 0 Å². The number of ether oxygens (including phenoxy) is 2. The number of rotatable bonds is 9. The Balaban J connectivity index is 1.25. The molecule has 200 valence electrons. The number of aromatic nitrogens is 3. The van der Waals surface area contributed by atoms with Gasteiger partial charge < -0.3 is 14.0 Å². The Morgan fingerprint density at radius 1 is 1.03 bits per heavy atom. The fourth-order valence-corrected chi connectivity index (χ4v) is 5.40. The molecule has 2 aromatic heterocycles. The number of methoxy groups -OCH3 is 1. The van der Waals surface area contributed by atoms with Gasteiger partial charge in [-0.25, -0.2) is 14.4 Å². The van der Waals surface area contributed by atoms with Crippen LogP contribution in [0.4, 0.5) is 4.39 Å². The van der Waals surface area contributed by atoms with Crippen LogP contribution in [0, 0.1) is 19.7 Å². The largest absolute Gasteiger partial charge is 0.473 e. The Bertz CT molecular complexity index is 1400. The lowest BCUT2D eigenvalue weighted by atomic mass is 9.88. The summed E-state index contributed by atoms with van der Waals surface area (Å²) in [4.78, 5) is 12.3. The van der Waals surface area contributed by atoms with E-state index in [-0.39, 0.29) is 12.4 Å². The molecule has 0 bridgehead atoms. The monoisotopic (exact) mass is 516 g/mol. The number of imidazole rings is 1. The van der Waals surface area contributed by atoms with Crippen LogP contribution in [0.25, 0.3) is 11.0 Å². The second-order valence-electron chi connectivity index (χ2n) is 10.5. The van der Waals surface area contributed by atoms with Gasteiger partial charge in [-0.2, -0.15) is 0 Å². The third-order valence-electron chi connectivity index (χ3n) is 7.61. The number of nitrogens with zero attached hydrogens (tertiary/aromatic N) is 4. The third kappa shape index (κ3) is 5.89. The first-order valence-electron chi connectivity index (χ1n) is 13.4. The molecule has 7 heteroatoms. The van der Waals surface area contributed by atoms with Crippen LogP contribution >= 0.6 is 0 Å². The number of likely N-dealkylation sites (tertiary alicyclic amines) is 1. The number of hydrogen-bond donors (Lipinski definition) is 0. The van der Waals surface area contributed by atoms with Crippen molar-refractivity contribution in [1.82, 2.24) is 19.4 Å². The van der Waals surface area contributed by atoms with E-state index in [1.165, 1.54) is 17.1 Å². The first kappa shape index (κ1) is 26.3. The first-order valence-corrected chi connectivity index (χ1v) is 13.4. The van der Waals surface area contributed by atoms with Gasteiger partial charge in [-0.3, -0.25) is 4.90 Å². The summed E-state index contributed by atoms with van der Waals surface area (Å²) >= 11 is 0. The van der Waals surface area contributed by atoms with Gasteiger partial charge >= 0.3 is 0 Å². The van der Waals surface area contributed by atoms with Crippen LogP contribution in [0.1, 0.15) is 53.9 Å². The highest BCUT2D eigenvalue weighted by atomic mass is 19.1. The number of hydrogen-bond acceptors (Lipinski definition) is 5. The van der Waals surface area contributed by atoms with Crippen LogP contribution in [0.5, 0.6) is 5.88 Å². The lowest BCUT2D eigenvalue weighted by Crippen LogP contribution is -2.40. The van der Waals surface area contributed by atoms with Crippen molar-refractivity contribution in [2.75, 3.05) is 20.3 Å². The number of aryl methyl sites for hydroxylation is 2. The molecule has 0 aliphatic carbocycles. The van der Waals surface area contributed by atoms with E-state index in [0.717, 1.165) is 55.1 Å². The highest BCUT2D eigenvalue weighted by Crippen LogP contribution is 2.32. The fourth-order valence-electron chi connectivity index (χ4n) is 5.40. The Hall–Kier alpha value is -3.29. The van der Waals surface area contributed by atoms with Gasteiger partial charge in [-0.15, -0.1) is 0 Å². The molecule has 5 rings (SSSR count). The van der Waals surface area contributed by atoms with Crippen molar-refractivity contribution < 1.29 is 13.9 Å². The molecular formula is C31H37FN4O2. The summed E-state index contributed by atoms with van der Waals surface area (Å²) in [5.41, 5.74) is 5.92. The fraction of sp³-hybridized carbons (Fsp3) is 0.419. The summed E-state index contributed by atoms with van der Waals surface area (Å²) in [5, 5.41) is 0. The number of fused-ring (bicyclic) bond motifs is 1. The predicted molar refractivity (Wildman–Crippen MR) is 148 cm³/mol. The Morgan fingerprint density at radius 3 is 2.63 bits per heavy atom. The van der Waals surface area contributed by atoms with E-state index in [1.807, 2.05) is 25.1 Å². The van der Waals surface area contributed by atoms with Gasteiger partial charge in [-0.05, 0) is 75.5 Å². The molecule has 2 unspecified atom stereocenters. The van der Waals surface area contributed by atoms with Crippen molar-refractivity contribution in [3.05, 3.63) is 88.6 Å². The molecule has 0 spiro atoms. The number of benzene rings is 2. The quantitative estimate of drug-likeness (QED) is 0.266. The minimum Gasteiger partial charge on any atom is -0.473 e. The molecule has 2 atom stereocenters. The second kappa shape index (κ2) is 11.6. The summed E-state index contributed by atoms with van der Waals surface area (Å²) in [5.74, 6) is 1.74. The molecule has 4 aromatic rings. The Morgan fingerprint density at radius 2 is 1.84 bits per heavy atom. The number of pyridine rings is 1. The molecular weight excluding hydrogens is 479 g/mol. The summed E-state index contributed by atoms with van der Waals surface area (Å²) in [6.07, 6.45) is 2.03. The lowest BCUT2D eigenvalue weighted by Gasteiger charge is -2.37. The van der Waals surface area contributed by atoms with Gasteiger partial charge in [0.1, 0.15) is 18.2 Å². The van der Waals surface area contributed by atoms with E-state index in [9.17, 15) is 4.39 Å².